The maximum absolute atomic E-state index is 10.7. The molecule has 0 saturated carbocycles. The van der Waals surface area contributed by atoms with Crippen LogP contribution in [0.15, 0.2) is 72.8 Å². The Morgan fingerprint density at radius 3 is 2.43 bits per heavy atom. The zero-order valence-electron chi connectivity index (χ0n) is 21.1. The molecule has 3 aromatic carbocycles. The molecule has 0 aliphatic carbocycles. The molecule has 2 heterocycles. The summed E-state index contributed by atoms with van der Waals surface area (Å²) >= 11 is 1.85. The lowest BCUT2D eigenvalue weighted by Gasteiger charge is -2.15. The van der Waals surface area contributed by atoms with Crippen molar-refractivity contribution in [1.82, 2.24) is 10.2 Å². The number of benzene rings is 3. The molecular formula is C31H34N2O3S. The maximum atomic E-state index is 10.7. The lowest BCUT2D eigenvalue weighted by atomic mass is 9.98. The van der Waals surface area contributed by atoms with Crippen LogP contribution in [0.4, 0.5) is 0 Å². The van der Waals surface area contributed by atoms with Crippen molar-refractivity contribution >= 4 is 27.4 Å². The van der Waals surface area contributed by atoms with E-state index in [1.807, 2.05) is 11.3 Å². The van der Waals surface area contributed by atoms with E-state index in [9.17, 15) is 4.79 Å². The first-order chi connectivity index (χ1) is 18.2. The third-order valence-electron chi connectivity index (χ3n) is 6.96. The smallest absolute Gasteiger partial charge is 0.317 e. The zero-order valence-corrected chi connectivity index (χ0v) is 21.9. The van der Waals surface area contributed by atoms with Crippen LogP contribution in [0.1, 0.15) is 29.5 Å². The largest absolute Gasteiger partial charge is 0.492 e. The van der Waals surface area contributed by atoms with E-state index in [-0.39, 0.29) is 6.54 Å². The molecule has 1 fully saturated rings. The molecule has 1 aliphatic heterocycles. The molecule has 0 radical (unpaired) electrons. The number of carboxylic acids is 1. The fourth-order valence-electron chi connectivity index (χ4n) is 4.96. The van der Waals surface area contributed by atoms with Crippen LogP contribution in [0.2, 0.25) is 0 Å². The van der Waals surface area contributed by atoms with Gasteiger partial charge in [-0.15, -0.1) is 11.3 Å². The molecule has 0 spiro atoms. The van der Waals surface area contributed by atoms with Gasteiger partial charge in [0.15, 0.2) is 0 Å². The Hall–Kier alpha value is -3.19. The van der Waals surface area contributed by atoms with E-state index in [2.05, 4.69) is 83.0 Å². The number of ether oxygens (including phenoxy) is 1. The third kappa shape index (κ3) is 6.77. The van der Waals surface area contributed by atoms with Crippen LogP contribution in [0.5, 0.6) is 5.75 Å². The predicted molar refractivity (Wildman–Crippen MR) is 152 cm³/mol. The van der Waals surface area contributed by atoms with E-state index in [1.165, 1.54) is 63.1 Å². The van der Waals surface area contributed by atoms with Crippen molar-refractivity contribution < 1.29 is 14.6 Å². The Bertz CT molecular complexity index is 1310. The molecule has 4 aromatic rings. The summed E-state index contributed by atoms with van der Waals surface area (Å²) in [6.45, 7) is 4.79. The summed E-state index contributed by atoms with van der Waals surface area (Å²) < 4.78 is 7.31. The maximum Gasteiger partial charge on any atom is 0.317 e. The Labute approximate surface area is 222 Å². The molecule has 2 N–H and O–H groups in total. The lowest BCUT2D eigenvalue weighted by molar-refractivity contribution is -0.135. The molecule has 6 heteroatoms. The number of fused-ring (bicyclic) bond motifs is 1. The van der Waals surface area contributed by atoms with Gasteiger partial charge in [0.05, 0.1) is 6.54 Å². The summed E-state index contributed by atoms with van der Waals surface area (Å²) in [5.74, 6) is 0.110. The molecular weight excluding hydrogens is 480 g/mol. The second kappa shape index (κ2) is 12.4. The van der Waals surface area contributed by atoms with Crippen LogP contribution in [0, 0.1) is 0 Å². The molecule has 1 aliphatic rings. The average molecular weight is 515 g/mol. The number of hydrogen-bond donors (Lipinski definition) is 2. The average Bonchev–Trinajstić information content (AvgIpc) is 3.56. The number of rotatable bonds is 12. The number of hydrogen-bond acceptors (Lipinski definition) is 5. The highest BCUT2D eigenvalue weighted by Gasteiger charge is 2.15. The Balaban J connectivity index is 1.28. The van der Waals surface area contributed by atoms with Gasteiger partial charge in [0.1, 0.15) is 12.4 Å². The highest BCUT2D eigenvalue weighted by Crippen LogP contribution is 2.40. The molecule has 192 valence electrons. The Morgan fingerprint density at radius 1 is 0.946 bits per heavy atom. The Morgan fingerprint density at radius 2 is 1.68 bits per heavy atom. The van der Waals surface area contributed by atoms with E-state index >= 15 is 0 Å². The quantitative estimate of drug-likeness (QED) is 0.232. The van der Waals surface area contributed by atoms with Gasteiger partial charge in [-0.1, -0.05) is 54.6 Å². The van der Waals surface area contributed by atoms with E-state index in [0.29, 0.717) is 6.54 Å². The predicted octanol–water partition coefficient (Wildman–Crippen LogP) is 5.85. The fourth-order valence-corrected chi connectivity index (χ4v) is 6.19. The minimum atomic E-state index is -0.827. The molecule has 5 rings (SSSR count). The minimum Gasteiger partial charge on any atom is -0.492 e. The number of carboxylic acid groups (broad SMARTS) is 1. The van der Waals surface area contributed by atoms with Crippen molar-refractivity contribution in [2.24, 2.45) is 0 Å². The van der Waals surface area contributed by atoms with Crippen LogP contribution in [-0.4, -0.2) is 55.3 Å². The number of nitrogens with one attached hydrogen (secondary N) is 1. The van der Waals surface area contributed by atoms with Gasteiger partial charge in [-0.3, -0.25) is 9.69 Å². The second-order valence-electron chi connectivity index (χ2n) is 9.64. The molecule has 0 unspecified atom stereocenters. The van der Waals surface area contributed by atoms with Crippen LogP contribution >= 0.6 is 11.3 Å². The Kier molecular flexibility index (Phi) is 8.51. The van der Waals surface area contributed by atoms with E-state index in [1.54, 1.807) is 0 Å². The van der Waals surface area contributed by atoms with Crippen molar-refractivity contribution in [3.8, 4) is 16.2 Å². The summed E-state index contributed by atoms with van der Waals surface area (Å²) in [4.78, 5) is 14.5. The van der Waals surface area contributed by atoms with E-state index < -0.39 is 5.97 Å². The number of aliphatic carboxylic acids is 1. The molecule has 37 heavy (non-hydrogen) atoms. The van der Waals surface area contributed by atoms with Crippen LogP contribution in [0.25, 0.3) is 20.5 Å². The van der Waals surface area contributed by atoms with Crippen molar-refractivity contribution in [3.05, 3.63) is 89.5 Å². The summed E-state index contributed by atoms with van der Waals surface area (Å²) in [6.07, 6.45) is 4.29. The number of nitrogens with zero attached hydrogens (tertiary/aromatic N) is 1. The van der Waals surface area contributed by atoms with Gasteiger partial charge in [-0.2, -0.15) is 0 Å². The standard InChI is InChI=1S/C31H34N2O3S/c34-30(35)22-32-16-15-23-7-11-25(12-8-23)31-28(27-5-1-2-6-29(27)37-31)21-24-9-13-26(14-10-24)36-20-19-33-17-3-4-18-33/h1-2,5-14,32H,3-4,15-22H2,(H,34,35). The van der Waals surface area contributed by atoms with Crippen molar-refractivity contribution in [1.29, 1.82) is 0 Å². The van der Waals surface area contributed by atoms with Gasteiger partial charge in [0.25, 0.3) is 0 Å². The normalized spacial score (nSPS) is 13.8. The van der Waals surface area contributed by atoms with Crippen molar-refractivity contribution in [3.63, 3.8) is 0 Å². The van der Waals surface area contributed by atoms with E-state index in [0.717, 1.165) is 31.7 Å². The summed E-state index contributed by atoms with van der Waals surface area (Å²) in [5.41, 5.74) is 5.06. The third-order valence-corrected chi connectivity index (χ3v) is 8.22. The SMILES string of the molecule is O=C(O)CNCCc1ccc(-c2sc3ccccc3c2Cc2ccc(OCCN3CCCC3)cc2)cc1. The molecule has 5 nitrogen and oxygen atoms in total. The first kappa shape index (κ1) is 25.5. The molecule has 0 atom stereocenters. The molecule has 1 aromatic heterocycles. The highest BCUT2D eigenvalue weighted by molar-refractivity contribution is 7.22. The van der Waals surface area contributed by atoms with Crippen LogP contribution < -0.4 is 10.1 Å². The fraction of sp³-hybridized carbons (Fsp3) is 0.323. The highest BCUT2D eigenvalue weighted by atomic mass is 32.1. The molecule has 1 saturated heterocycles. The summed E-state index contributed by atoms with van der Waals surface area (Å²) in [6, 6.07) is 25.9. The monoisotopic (exact) mass is 514 g/mol. The number of likely N-dealkylation sites (tertiary alicyclic amines) is 1. The summed E-state index contributed by atoms with van der Waals surface area (Å²) in [5, 5.41) is 13.0. The number of carbonyl (C=O) groups is 1. The van der Waals surface area contributed by atoms with Gasteiger partial charge in [0.2, 0.25) is 0 Å². The van der Waals surface area contributed by atoms with Crippen molar-refractivity contribution in [2.45, 2.75) is 25.7 Å². The van der Waals surface area contributed by atoms with E-state index in [4.69, 9.17) is 9.84 Å². The van der Waals surface area contributed by atoms with Crippen molar-refractivity contribution in [2.75, 3.05) is 39.3 Å². The van der Waals surface area contributed by atoms with Gasteiger partial charge in [-0.25, -0.2) is 0 Å². The number of thiophene rings is 1. The first-order valence-corrected chi connectivity index (χ1v) is 13.9. The van der Waals surface area contributed by atoms with Gasteiger partial charge in [-0.05, 0) is 91.2 Å². The van der Waals surface area contributed by atoms with Gasteiger partial charge >= 0.3 is 5.97 Å². The van der Waals surface area contributed by atoms with Crippen LogP contribution in [0.3, 0.4) is 0 Å². The summed E-state index contributed by atoms with van der Waals surface area (Å²) in [7, 11) is 0. The van der Waals surface area contributed by atoms with Gasteiger partial charge < -0.3 is 15.2 Å². The van der Waals surface area contributed by atoms with Crippen LogP contribution in [-0.2, 0) is 17.6 Å². The lowest BCUT2D eigenvalue weighted by Crippen LogP contribution is -2.25. The zero-order chi connectivity index (χ0) is 25.5. The topological polar surface area (TPSA) is 61.8 Å². The minimum absolute atomic E-state index is 0.00502. The first-order valence-electron chi connectivity index (χ1n) is 13.1. The second-order valence-corrected chi connectivity index (χ2v) is 10.7. The molecule has 0 bridgehead atoms. The molecule has 0 amide bonds. The van der Waals surface area contributed by atoms with Gasteiger partial charge in [0, 0.05) is 16.1 Å².